The Morgan fingerprint density at radius 2 is 2.21 bits per heavy atom. The van der Waals surface area contributed by atoms with E-state index in [1.807, 2.05) is 0 Å². The Hall–Kier alpha value is -2.65. The lowest BCUT2D eigenvalue weighted by Gasteiger charge is -2.03. The van der Waals surface area contributed by atoms with Crippen molar-refractivity contribution in [1.82, 2.24) is 10.1 Å². The second-order valence-corrected chi connectivity index (χ2v) is 6.18. The fourth-order valence-electron chi connectivity index (χ4n) is 1.84. The molecule has 1 aromatic carbocycles. The van der Waals surface area contributed by atoms with Crippen molar-refractivity contribution in [2.45, 2.75) is 6.92 Å². The molecule has 0 spiro atoms. The van der Waals surface area contributed by atoms with Crippen molar-refractivity contribution in [2.75, 3.05) is 16.4 Å². The molecule has 0 aliphatic heterocycles. The fourth-order valence-corrected chi connectivity index (χ4v) is 2.82. The maximum atomic E-state index is 13.2. The summed E-state index contributed by atoms with van der Waals surface area (Å²) in [5, 5.41) is 9.47. The second-order valence-electron chi connectivity index (χ2n) is 4.77. The van der Waals surface area contributed by atoms with Crippen LogP contribution in [0.25, 0.3) is 0 Å². The Morgan fingerprint density at radius 3 is 2.88 bits per heavy atom. The molecule has 0 radical (unpaired) electrons. The molecule has 0 atom stereocenters. The number of carbonyl (C=O) groups excluding carboxylic acids is 1. The minimum Gasteiger partial charge on any atom is -0.382 e. The number of rotatable bonds is 4. The fraction of sp³-hybridized carbons (Fsp3) is 0.0714. The molecule has 1 amide bonds. The quantitative estimate of drug-likeness (QED) is 0.647. The van der Waals surface area contributed by atoms with Gasteiger partial charge in [0.15, 0.2) is 5.13 Å². The van der Waals surface area contributed by atoms with Crippen molar-refractivity contribution in [2.24, 2.45) is 0 Å². The minimum atomic E-state index is -0.525. The zero-order valence-corrected chi connectivity index (χ0v) is 13.8. The Morgan fingerprint density at radius 1 is 1.42 bits per heavy atom. The van der Waals surface area contributed by atoms with Crippen molar-refractivity contribution >= 4 is 51.4 Å². The molecule has 3 aromatic rings. The third kappa shape index (κ3) is 3.47. The average molecular weight is 368 g/mol. The number of benzene rings is 1. The highest BCUT2D eigenvalue weighted by Gasteiger charge is 2.18. The number of hydrogen-bond donors (Lipinski definition) is 3. The van der Waals surface area contributed by atoms with E-state index in [4.69, 9.17) is 21.9 Å². The summed E-state index contributed by atoms with van der Waals surface area (Å²) in [6, 6.07) is 5.71. The molecule has 2 aromatic heterocycles. The highest BCUT2D eigenvalue weighted by Crippen LogP contribution is 2.29. The topological polar surface area (TPSA) is 106 Å². The van der Waals surface area contributed by atoms with Gasteiger partial charge in [0.25, 0.3) is 5.91 Å². The van der Waals surface area contributed by atoms with Gasteiger partial charge in [0.05, 0.1) is 10.7 Å². The molecule has 124 valence electrons. The van der Waals surface area contributed by atoms with Crippen LogP contribution in [0.2, 0.25) is 5.02 Å². The van der Waals surface area contributed by atoms with Gasteiger partial charge in [-0.2, -0.15) is 0 Å². The summed E-state index contributed by atoms with van der Waals surface area (Å²) in [4.78, 5) is 16.5. The molecule has 0 bridgehead atoms. The van der Waals surface area contributed by atoms with Crippen LogP contribution in [-0.2, 0) is 0 Å². The number of halogens is 2. The lowest BCUT2D eigenvalue weighted by Crippen LogP contribution is -2.11. The van der Waals surface area contributed by atoms with Crippen LogP contribution in [-0.4, -0.2) is 16.0 Å². The SMILES string of the molecule is Cc1cc(NC(=O)c2sc(Nc3ccc(F)c(Cl)c3)nc2N)on1. The lowest BCUT2D eigenvalue weighted by atomic mass is 10.3. The average Bonchev–Trinajstić information content (AvgIpc) is 3.09. The number of nitrogens with one attached hydrogen (secondary N) is 2. The van der Waals surface area contributed by atoms with Gasteiger partial charge >= 0.3 is 0 Å². The number of nitrogen functional groups attached to an aromatic ring is 1. The maximum absolute atomic E-state index is 13.2. The Bertz CT molecular complexity index is 910. The number of thiazole rings is 1. The molecule has 0 aliphatic carbocycles. The van der Waals surface area contributed by atoms with Gasteiger partial charge in [0.1, 0.15) is 16.5 Å². The van der Waals surface area contributed by atoms with E-state index >= 15 is 0 Å². The van der Waals surface area contributed by atoms with E-state index in [0.29, 0.717) is 16.5 Å². The van der Waals surface area contributed by atoms with E-state index in [2.05, 4.69) is 20.8 Å². The molecule has 0 unspecified atom stereocenters. The molecule has 0 fully saturated rings. The molecule has 24 heavy (non-hydrogen) atoms. The first-order chi connectivity index (χ1) is 11.4. The van der Waals surface area contributed by atoms with Crippen LogP contribution in [0.15, 0.2) is 28.8 Å². The lowest BCUT2D eigenvalue weighted by molar-refractivity contribution is 0.102. The van der Waals surface area contributed by atoms with Gasteiger partial charge in [-0.05, 0) is 25.1 Å². The molecule has 2 heterocycles. The van der Waals surface area contributed by atoms with Gasteiger partial charge in [-0.25, -0.2) is 9.37 Å². The summed E-state index contributed by atoms with van der Waals surface area (Å²) in [5.41, 5.74) is 6.93. The van der Waals surface area contributed by atoms with Gasteiger partial charge in [0, 0.05) is 11.8 Å². The van der Waals surface area contributed by atoms with Gasteiger partial charge in [-0.3, -0.25) is 10.1 Å². The van der Waals surface area contributed by atoms with Gasteiger partial charge in [-0.1, -0.05) is 28.1 Å². The first-order valence-electron chi connectivity index (χ1n) is 6.65. The highest BCUT2D eigenvalue weighted by atomic mass is 35.5. The van der Waals surface area contributed by atoms with Crippen LogP contribution in [0.5, 0.6) is 0 Å². The van der Waals surface area contributed by atoms with Crippen LogP contribution in [0.1, 0.15) is 15.4 Å². The summed E-state index contributed by atoms with van der Waals surface area (Å²) in [6.45, 7) is 1.73. The minimum absolute atomic E-state index is 0.0248. The van der Waals surface area contributed by atoms with Crippen molar-refractivity contribution in [1.29, 1.82) is 0 Å². The standard InChI is InChI=1S/C14H11ClFN5O2S/c1-6-4-10(23-21-6)19-13(22)11-12(17)20-14(24-11)18-7-2-3-9(16)8(15)5-7/h2-5H,17H2,1H3,(H,18,20)(H,19,22). The van der Waals surface area contributed by atoms with Crippen molar-refractivity contribution in [3.05, 3.63) is 45.7 Å². The van der Waals surface area contributed by atoms with E-state index in [9.17, 15) is 9.18 Å². The number of aryl methyl sites for hydroxylation is 1. The molecular formula is C14H11ClFN5O2S. The summed E-state index contributed by atoms with van der Waals surface area (Å²) in [7, 11) is 0. The molecule has 4 N–H and O–H groups in total. The summed E-state index contributed by atoms with van der Waals surface area (Å²) in [5.74, 6) is -0.718. The Kier molecular flexibility index (Phi) is 4.36. The first kappa shape index (κ1) is 16.2. The van der Waals surface area contributed by atoms with Gasteiger partial charge < -0.3 is 15.6 Å². The molecular weight excluding hydrogens is 357 g/mol. The largest absolute Gasteiger partial charge is 0.382 e. The summed E-state index contributed by atoms with van der Waals surface area (Å²) < 4.78 is 18.1. The van der Waals surface area contributed by atoms with E-state index in [1.165, 1.54) is 18.2 Å². The number of nitrogens with two attached hydrogens (primary N) is 1. The third-order valence-corrected chi connectivity index (χ3v) is 4.17. The van der Waals surface area contributed by atoms with Crippen LogP contribution in [0.4, 0.5) is 26.9 Å². The zero-order chi connectivity index (χ0) is 17.3. The molecule has 0 aliphatic rings. The monoisotopic (exact) mass is 367 g/mol. The number of hydrogen-bond acceptors (Lipinski definition) is 7. The predicted molar refractivity (Wildman–Crippen MR) is 90.4 cm³/mol. The molecule has 10 heteroatoms. The number of anilines is 4. The van der Waals surface area contributed by atoms with Crippen LogP contribution < -0.4 is 16.4 Å². The van der Waals surface area contributed by atoms with Crippen molar-refractivity contribution < 1.29 is 13.7 Å². The van der Waals surface area contributed by atoms with Crippen LogP contribution in [0.3, 0.4) is 0 Å². The molecule has 0 saturated carbocycles. The molecule has 3 rings (SSSR count). The number of nitrogens with zero attached hydrogens (tertiary/aromatic N) is 2. The summed E-state index contributed by atoms with van der Waals surface area (Å²) >= 11 is 6.76. The summed E-state index contributed by atoms with van der Waals surface area (Å²) in [6.07, 6.45) is 0. The normalized spacial score (nSPS) is 10.6. The van der Waals surface area contributed by atoms with E-state index < -0.39 is 11.7 Å². The Labute approximate surface area is 144 Å². The first-order valence-corrected chi connectivity index (χ1v) is 7.85. The second kappa shape index (κ2) is 6.46. The number of amides is 1. The van der Waals surface area contributed by atoms with Crippen molar-refractivity contribution in [3.63, 3.8) is 0 Å². The smallest absolute Gasteiger partial charge is 0.272 e. The van der Waals surface area contributed by atoms with Gasteiger partial charge in [-0.15, -0.1) is 0 Å². The molecule has 7 nitrogen and oxygen atoms in total. The number of aromatic nitrogens is 2. The van der Waals surface area contributed by atoms with Crippen LogP contribution in [0, 0.1) is 12.7 Å². The van der Waals surface area contributed by atoms with E-state index in [0.717, 1.165) is 11.3 Å². The van der Waals surface area contributed by atoms with E-state index in [-0.39, 0.29) is 21.6 Å². The third-order valence-electron chi connectivity index (χ3n) is 2.90. The maximum Gasteiger partial charge on any atom is 0.272 e. The zero-order valence-electron chi connectivity index (χ0n) is 12.3. The van der Waals surface area contributed by atoms with Gasteiger partial charge in [0.2, 0.25) is 5.88 Å². The Balaban J connectivity index is 1.76. The number of carbonyl (C=O) groups is 1. The van der Waals surface area contributed by atoms with Crippen molar-refractivity contribution in [3.8, 4) is 0 Å². The predicted octanol–water partition coefficient (Wildman–Crippen LogP) is 3.81. The molecule has 0 saturated heterocycles. The van der Waals surface area contributed by atoms with Crippen LogP contribution >= 0.6 is 22.9 Å². The highest BCUT2D eigenvalue weighted by molar-refractivity contribution is 7.18. The van der Waals surface area contributed by atoms with E-state index in [1.54, 1.807) is 13.0 Å².